The first kappa shape index (κ1) is 18.5. The average molecular weight is 369 g/mol. The monoisotopic (exact) mass is 369 g/mol. The smallest absolute Gasteiger partial charge is 0.326 e. The molecule has 0 aliphatic heterocycles. The number of rotatable bonds is 6. The summed E-state index contributed by atoms with van der Waals surface area (Å²) in [6.45, 7) is 0. The fourth-order valence-electron chi connectivity index (χ4n) is 3.03. The van der Waals surface area contributed by atoms with E-state index in [-0.39, 0.29) is 18.4 Å². The fraction of sp³-hybridized carbons (Fsp3) is 0.143. The third-order valence-corrected chi connectivity index (χ3v) is 4.22. The molecule has 2 N–H and O–H groups in total. The Kier molecular flexibility index (Phi) is 5.45. The number of hydrogen-bond donors (Lipinski definition) is 2. The van der Waals surface area contributed by atoms with Gasteiger partial charge in [-0.1, -0.05) is 42.5 Å². The van der Waals surface area contributed by atoms with Gasteiger partial charge in [0.05, 0.1) is 6.42 Å². The van der Waals surface area contributed by atoms with E-state index in [4.69, 9.17) is 0 Å². The molecule has 0 radical (unpaired) electrons. The van der Waals surface area contributed by atoms with E-state index in [1.165, 1.54) is 0 Å². The van der Waals surface area contributed by atoms with Crippen molar-refractivity contribution in [3.63, 3.8) is 0 Å². The van der Waals surface area contributed by atoms with Gasteiger partial charge in [0.2, 0.25) is 5.91 Å². The standard InChI is InChI=1S/C21H17F2NO3/c22-16-8-13(9-17(23)12-16)10-20(25)24-19(21(26)27)11-15-6-3-5-14-4-1-2-7-18(14)15/h1-9,12,19H,10-11H2,(H,24,25)(H,26,27)/t19-/m0/s1. The zero-order valence-corrected chi connectivity index (χ0v) is 14.3. The van der Waals surface area contributed by atoms with Crippen molar-refractivity contribution in [2.45, 2.75) is 18.9 Å². The van der Waals surface area contributed by atoms with Crippen LogP contribution in [0.1, 0.15) is 11.1 Å². The number of hydrogen-bond acceptors (Lipinski definition) is 2. The van der Waals surface area contributed by atoms with E-state index in [9.17, 15) is 23.5 Å². The first-order valence-corrected chi connectivity index (χ1v) is 8.36. The molecule has 1 amide bonds. The quantitative estimate of drug-likeness (QED) is 0.699. The maximum Gasteiger partial charge on any atom is 0.326 e. The average Bonchev–Trinajstić information content (AvgIpc) is 2.60. The Morgan fingerprint density at radius 1 is 0.963 bits per heavy atom. The zero-order chi connectivity index (χ0) is 19.4. The largest absolute Gasteiger partial charge is 0.480 e. The summed E-state index contributed by atoms with van der Waals surface area (Å²) in [4.78, 5) is 23.8. The topological polar surface area (TPSA) is 66.4 Å². The van der Waals surface area contributed by atoms with Crippen molar-refractivity contribution in [3.05, 3.63) is 83.4 Å². The lowest BCUT2D eigenvalue weighted by molar-refractivity contribution is -0.141. The van der Waals surface area contributed by atoms with Gasteiger partial charge in [-0.05, 0) is 34.0 Å². The zero-order valence-electron chi connectivity index (χ0n) is 14.3. The minimum Gasteiger partial charge on any atom is -0.480 e. The van der Waals surface area contributed by atoms with Crippen LogP contribution in [0.2, 0.25) is 0 Å². The lowest BCUT2D eigenvalue weighted by Crippen LogP contribution is -2.43. The number of aliphatic carboxylic acids is 1. The van der Waals surface area contributed by atoms with Crippen LogP contribution in [0.3, 0.4) is 0 Å². The number of carboxylic acids is 1. The van der Waals surface area contributed by atoms with E-state index in [0.717, 1.165) is 28.5 Å². The highest BCUT2D eigenvalue weighted by molar-refractivity contribution is 5.88. The van der Waals surface area contributed by atoms with E-state index >= 15 is 0 Å². The normalized spacial score (nSPS) is 11.9. The van der Waals surface area contributed by atoms with Gasteiger partial charge in [-0.15, -0.1) is 0 Å². The summed E-state index contributed by atoms with van der Waals surface area (Å²) < 4.78 is 26.5. The van der Waals surface area contributed by atoms with Crippen LogP contribution in [-0.4, -0.2) is 23.0 Å². The van der Waals surface area contributed by atoms with Crippen LogP contribution < -0.4 is 5.32 Å². The lowest BCUT2D eigenvalue weighted by Gasteiger charge is -2.16. The predicted octanol–water partition coefficient (Wildman–Crippen LogP) is 3.47. The molecular weight excluding hydrogens is 352 g/mol. The van der Waals surface area contributed by atoms with E-state index in [1.807, 2.05) is 42.5 Å². The summed E-state index contributed by atoms with van der Waals surface area (Å²) in [7, 11) is 0. The van der Waals surface area contributed by atoms with E-state index in [2.05, 4.69) is 5.32 Å². The van der Waals surface area contributed by atoms with Crippen LogP contribution in [0.25, 0.3) is 10.8 Å². The summed E-state index contributed by atoms with van der Waals surface area (Å²) in [5.74, 6) is -3.37. The van der Waals surface area contributed by atoms with E-state index in [1.54, 1.807) is 0 Å². The van der Waals surface area contributed by atoms with Crippen molar-refractivity contribution in [1.82, 2.24) is 5.32 Å². The highest BCUT2D eigenvalue weighted by Crippen LogP contribution is 2.20. The van der Waals surface area contributed by atoms with Gasteiger partial charge < -0.3 is 10.4 Å². The number of carbonyl (C=O) groups excluding carboxylic acids is 1. The number of halogens is 2. The van der Waals surface area contributed by atoms with Crippen LogP contribution in [0, 0.1) is 11.6 Å². The Labute approximate surface area is 154 Å². The molecule has 0 aliphatic rings. The van der Waals surface area contributed by atoms with Crippen molar-refractivity contribution in [3.8, 4) is 0 Å². The molecule has 0 saturated heterocycles. The van der Waals surface area contributed by atoms with Crippen LogP contribution in [0.15, 0.2) is 60.7 Å². The highest BCUT2D eigenvalue weighted by Gasteiger charge is 2.21. The number of nitrogens with one attached hydrogen (secondary N) is 1. The molecule has 0 aromatic heterocycles. The Morgan fingerprint density at radius 2 is 1.63 bits per heavy atom. The van der Waals surface area contributed by atoms with Gasteiger partial charge in [0.1, 0.15) is 17.7 Å². The van der Waals surface area contributed by atoms with Gasteiger partial charge in [0.25, 0.3) is 0 Å². The molecule has 3 aromatic carbocycles. The first-order valence-electron chi connectivity index (χ1n) is 8.36. The molecule has 0 bridgehead atoms. The summed E-state index contributed by atoms with van der Waals surface area (Å²) >= 11 is 0. The molecular formula is C21H17F2NO3. The number of benzene rings is 3. The summed E-state index contributed by atoms with van der Waals surface area (Å²) in [5.41, 5.74) is 0.928. The molecule has 3 rings (SSSR count). The Morgan fingerprint density at radius 3 is 2.33 bits per heavy atom. The molecule has 0 unspecified atom stereocenters. The first-order chi connectivity index (χ1) is 12.9. The summed E-state index contributed by atoms with van der Waals surface area (Å²) in [6, 6.07) is 14.8. The molecule has 3 aromatic rings. The molecule has 0 spiro atoms. The number of amides is 1. The molecule has 6 heteroatoms. The van der Waals surface area contributed by atoms with Crippen molar-refractivity contribution in [1.29, 1.82) is 0 Å². The van der Waals surface area contributed by atoms with Gasteiger partial charge in [0, 0.05) is 12.5 Å². The number of carboxylic acid groups (broad SMARTS) is 1. The predicted molar refractivity (Wildman–Crippen MR) is 97.3 cm³/mol. The summed E-state index contributed by atoms with van der Waals surface area (Å²) in [6.07, 6.45) is -0.214. The van der Waals surface area contributed by atoms with Crippen molar-refractivity contribution < 1.29 is 23.5 Å². The molecule has 0 fully saturated rings. The number of fused-ring (bicyclic) bond motifs is 1. The molecule has 4 nitrogen and oxygen atoms in total. The van der Waals surface area contributed by atoms with Gasteiger partial charge in [-0.3, -0.25) is 4.79 Å². The van der Waals surface area contributed by atoms with Crippen LogP contribution >= 0.6 is 0 Å². The highest BCUT2D eigenvalue weighted by atomic mass is 19.1. The molecule has 0 heterocycles. The van der Waals surface area contributed by atoms with Crippen molar-refractivity contribution in [2.24, 2.45) is 0 Å². The molecule has 138 valence electrons. The summed E-state index contributed by atoms with van der Waals surface area (Å²) in [5, 5.41) is 13.8. The van der Waals surface area contributed by atoms with Crippen LogP contribution in [0.4, 0.5) is 8.78 Å². The van der Waals surface area contributed by atoms with Gasteiger partial charge >= 0.3 is 5.97 Å². The molecule has 0 aliphatic carbocycles. The SMILES string of the molecule is O=C(Cc1cc(F)cc(F)c1)N[C@@H](Cc1cccc2ccccc12)C(=O)O. The Bertz CT molecular complexity index is 978. The van der Waals surface area contributed by atoms with Gasteiger partial charge in [0.15, 0.2) is 0 Å². The van der Waals surface area contributed by atoms with Crippen molar-refractivity contribution >= 4 is 22.6 Å². The third kappa shape index (κ3) is 4.67. The van der Waals surface area contributed by atoms with Crippen LogP contribution in [-0.2, 0) is 22.4 Å². The lowest BCUT2D eigenvalue weighted by atomic mass is 9.98. The second-order valence-corrected chi connectivity index (χ2v) is 6.26. The minimum atomic E-state index is -1.18. The second-order valence-electron chi connectivity index (χ2n) is 6.26. The Hall–Kier alpha value is -3.28. The van der Waals surface area contributed by atoms with E-state index in [0.29, 0.717) is 6.07 Å². The second kappa shape index (κ2) is 7.95. The van der Waals surface area contributed by atoms with Gasteiger partial charge in [-0.2, -0.15) is 0 Å². The third-order valence-electron chi connectivity index (χ3n) is 4.22. The molecule has 1 atom stereocenters. The van der Waals surface area contributed by atoms with Crippen molar-refractivity contribution in [2.75, 3.05) is 0 Å². The molecule has 27 heavy (non-hydrogen) atoms. The number of carbonyl (C=O) groups is 2. The maximum absolute atomic E-state index is 13.2. The Balaban J connectivity index is 1.75. The minimum absolute atomic E-state index is 0.0972. The molecule has 0 saturated carbocycles. The maximum atomic E-state index is 13.2. The van der Waals surface area contributed by atoms with Crippen LogP contribution in [0.5, 0.6) is 0 Å². The van der Waals surface area contributed by atoms with Gasteiger partial charge in [-0.25, -0.2) is 13.6 Å². The fourth-order valence-corrected chi connectivity index (χ4v) is 3.03. The van der Waals surface area contributed by atoms with E-state index < -0.39 is 29.6 Å².